The van der Waals surface area contributed by atoms with E-state index in [9.17, 15) is 4.39 Å². The molecule has 2 rings (SSSR count). The van der Waals surface area contributed by atoms with E-state index in [4.69, 9.17) is 11.6 Å². The fourth-order valence-corrected chi connectivity index (χ4v) is 1.41. The van der Waals surface area contributed by atoms with Crippen molar-refractivity contribution in [2.24, 2.45) is 0 Å². The van der Waals surface area contributed by atoms with Gasteiger partial charge in [0.1, 0.15) is 11.6 Å². The Labute approximate surface area is 97.3 Å². The molecule has 0 saturated heterocycles. The molecule has 0 saturated carbocycles. The first-order valence-corrected chi connectivity index (χ1v) is 5.08. The number of nitrogens with zero attached hydrogens (tertiary/aromatic N) is 2. The van der Waals surface area contributed by atoms with Crippen LogP contribution in [0, 0.1) is 5.82 Å². The van der Waals surface area contributed by atoms with Gasteiger partial charge < -0.3 is 5.32 Å². The normalized spacial score (nSPS) is 10.1. The van der Waals surface area contributed by atoms with E-state index in [1.807, 2.05) is 0 Å². The van der Waals surface area contributed by atoms with E-state index in [1.165, 1.54) is 18.2 Å². The molecule has 1 aromatic carbocycles. The van der Waals surface area contributed by atoms with Crippen molar-refractivity contribution in [1.82, 2.24) is 9.97 Å². The summed E-state index contributed by atoms with van der Waals surface area (Å²) in [6.45, 7) is 0.407. The lowest BCUT2D eigenvalue weighted by Gasteiger charge is -2.07. The van der Waals surface area contributed by atoms with Crippen LogP contribution in [0.5, 0.6) is 0 Å². The van der Waals surface area contributed by atoms with Crippen LogP contribution in [-0.2, 0) is 6.54 Å². The van der Waals surface area contributed by atoms with Crippen LogP contribution in [0.1, 0.15) is 5.82 Å². The van der Waals surface area contributed by atoms with Crippen LogP contribution in [0.4, 0.5) is 10.1 Å². The van der Waals surface area contributed by atoms with E-state index >= 15 is 0 Å². The largest absolute Gasteiger partial charge is 0.376 e. The van der Waals surface area contributed by atoms with Gasteiger partial charge >= 0.3 is 0 Å². The third-order valence-corrected chi connectivity index (χ3v) is 2.31. The van der Waals surface area contributed by atoms with Gasteiger partial charge in [0.2, 0.25) is 0 Å². The minimum absolute atomic E-state index is 0.333. The Balaban J connectivity index is 2.08. The molecule has 0 bridgehead atoms. The Bertz CT molecular complexity index is 476. The van der Waals surface area contributed by atoms with Crippen LogP contribution < -0.4 is 5.32 Å². The van der Waals surface area contributed by atoms with Crippen LogP contribution in [0.2, 0.25) is 5.02 Å². The first-order chi connectivity index (χ1) is 7.75. The van der Waals surface area contributed by atoms with Gasteiger partial charge in [-0.2, -0.15) is 0 Å². The van der Waals surface area contributed by atoms with E-state index in [2.05, 4.69) is 15.3 Å². The predicted octanol–water partition coefficient (Wildman–Crippen LogP) is 2.88. The number of hydrogen-bond acceptors (Lipinski definition) is 3. The predicted molar refractivity (Wildman–Crippen MR) is 60.8 cm³/mol. The van der Waals surface area contributed by atoms with E-state index in [-0.39, 0.29) is 5.82 Å². The summed E-state index contributed by atoms with van der Waals surface area (Å²) in [6, 6.07) is 5.89. The van der Waals surface area contributed by atoms with Crippen LogP contribution in [0.3, 0.4) is 0 Å². The maximum Gasteiger partial charge on any atom is 0.147 e. The summed E-state index contributed by atoms with van der Waals surface area (Å²) in [6.07, 6.45) is 3.30. The third-order valence-electron chi connectivity index (χ3n) is 1.98. The van der Waals surface area contributed by atoms with Gasteiger partial charge in [-0.15, -0.1) is 0 Å². The summed E-state index contributed by atoms with van der Waals surface area (Å²) in [7, 11) is 0. The van der Waals surface area contributed by atoms with Gasteiger partial charge in [-0.1, -0.05) is 11.6 Å². The van der Waals surface area contributed by atoms with Gasteiger partial charge in [0.05, 0.1) is 17.3 Å². The monoisotopic (exact) mass is 237 g/mol. The summed E-state index contributed by atoms with van der Waals surface area (Å²) < 4.78 is 12.9. The second-order valence-corrected chi connectivity index (χ2v) is 3.55. The zero-order valence-corrected chi connectivity index (χ0v) is 9.08. The lowest BCUT2D eigenvalue weighted by molar-refractivity contribution is 0.628. The molecule has 82 valence electrons. The molecule has 0 radical (unpaired) electrons. The number of halogens is 2. The number of rotatable bonds is 3. The molecule has 5 heteroatoms. The summed E-state index contributed by atoms with van der Waals surface area (Å²) in [4.78, 5) is 8.07. The summed E-state index contributed by atoms with van der Waals surface area (Å²) in [5.41, 5.74) is 0.536. The molecule has 1 N–H and O–H groups in total. The average Bonchev–Trinajstić information content (AvgIpc) is 2.32. The van der Waals surface area contributed by atoms with Crippen molar-refractivity contribution in [2.75, 3.05) is 5.32 Å². The van der Waals surface area contributed by atoms with Gasteiger partial charge in [0.15, 0.2) is 0 Å². The lowest BCUT2D eigenvalue weighted by atomic mass is 10.3. The molecule has 0 spiro atoms. The van der Waals surface area contributed by atoms with E-state index in [1.54, 1.807) is 18.5 Å². The van der Waals surface area contributed by atoms with Crippen molar-refractivity contribution in [3.8, 4) is 0 Å². The van der Waals surface area contributed by atoms with Crippen molar-refractivity contribution in [1.29, 1.82) is 0 Å². The summed E-state index contributed by atoms with van der Waals surface area (Å²) in [5.74, 6) is 0.295. The lowest BCUT2D eigenvalue weighted by Crippen LogP contribution is -2.04. The Morgan fingerprint density at radius 2 is 2.00 bits per heavy atom. The fraction of sp³-hybridized carbons (Fsp3) is 0.0909. The molecule has 1 aromatic heterocycles. The van der Waals surface area contributed by atoms with E-state index < -0.39 is 0 Å². The molecule has 3 nitrogen and oxygen atoms in total. The molecule has 0 amide bonds. The highest BCUT2D eigenvalue weighted by Crippen LogP contribution is 2.22. The third kappa shape index (κ3) is 2.67. The SMILES string of the molecule is Fc1ccc(Cl)c(NCc2ncccn2)c1. The van der Waals surface area contributed by atoms with Crippen molar-refractivity contribution in [2.45, 2.75) is 6.54 Å². The van der Waals surface area contributed by atoms with Crippen LogP contribution in [0.25, 0.3) is 0 Å². The topological polar surface area (TPSA) is 37.8 Å². The van der Waals surface area contributed by atoms with E-state index in [0.29, 0.717) is 23.1 Å². The zero-order valence-electron chi connectivity index (χ0n) is 8.32. The van der Waals surface area contributed by atoms with Crippen molar-refractivity contribution >= 4 is 17.3 Å². The Morgan fingerprint density at radius 3 is 2.75 bits per heavy atom. The first kappa shape index (κ1) is 10.8. The van der Waals surface area contributed by atoms with Crippen LogP contribution in [0.15, 0.2) is 36.7 Å². The summed E-state index contributed by atoms with van der Waals surface area (Å²) >= 11 is 5.89. The van der Waals surface area contributed by atoms with Gasteiger partial charge in [-0.05, 0) is 24.3 Å². The van der Waals surface area contributed by atoms with Gasteiger partial charge in [-0.25, -0.2) is 14.4 Å². The Kier molecular flexibility index (Phi) is 3.31. The van der Waals surface area contributed by atoms with Crippen molar-refractivity contribution < 1.29 is 4.39 Å². The number of aromatic nitrogens is 2. The number of benzene rings is 1. The first-order valence-electron chi connectivity index (χ1n) is 4.70. The highest BCUT2D eigenvalue weighted by Gasteiger charge is 2.02. The molecule has 0 unspecified atom stereocenters. The van der Waals surface area contributed by atoms with Gasteiger partial charge in [-0.3, -0.25) is 0 Å². The smallest absolute Gasteiger partial charge is 0.147 e. The van der Waals surface area contributed by atoms with Crippen LogP contribution in [-0.4, -0.2) is 9.97 Å². The minimum Gasteiger partial charge on any atom is -0.376 e. The number of nitrogens with one attached hydrogen (secondary N) is 1. The van der Waals surface area contributed by atoms with Crippen molar-refractivity contribution in [3.63, 3.8) is 0 Å². The fourth-order valence-electron chi connectivity index (χ4n) is 1.23. The quantitative estimate of drug-likeness (QED) is 0.892. The minimum atomic E-state index is -0.333. The molecule has 0 atom stereocenters. The maximum absolute atomic E-state index is 12.9. The molecule has 1 heterocycles. The van der Waals surface area contributed by atoms with Crippen LogP contribution >= 0.6 is 11.6 Å². The zero-order chi connectivity index (χ0) is 11.4. The maximum atomic E-state index is 12.9. The molecule has 0 aliphatic heterocycles. The average molecular weight is 238 g/mol. The molecular weight excluding hydrogens is 229 g/mol. The summed E-state index contributed by atoms with van der Waals surface area (Å²) in [5, 5.41) is 3.44. The molecule has 0 fully saturated rings. The van der Waals surface area contributed by atoms with Gasteiger partial charge in [0.25, 0.3) is 0 Å². The van der Waals surface area contributed by atoms with Crippen molar-refractivity contribution in [3.05, 3.63) is 53.3 Å². The standard InChI is InChI=1S/C11H9ClFN3/c12-9-3-2-8(13)6-10(9)16-7-11-14-4-1-5-15-11/h1-6,16H,7H2. The Morgan fingerprint density at radius 1 is 1.25 bits per heavy atom. The van der Waals surface area contributed by atoms with E-state index in [0.717, 1.165) is 0 Å². The molecule has 0 aliphatic rings. The second-order valence-electron chi connectivity index (χ2n) is 3.14. The Hall–Kier alpha value is -1.68. The molecule has 0 aliphatic carbocycles. The number of anilines is 1. The molecule has 2 aromatic rings. The molecule has 16 heavy (non-hydrogen) atoms. The number of hydrogen-bond donors (Lipinski definition) is 1. The van der Waals surface area contributed by atoms with Gasteiger partial charge in [0, 0.05) is 12.4 Å². The highest BCUT2D eigenvalue weighted by atomic mass is 35.5. The molecular formula is C11H9ClFN3. The second kappa shape index (κ2) is 4.90. The highest BCUT2D eigenvalue weighted by molar-refractivity contribution is 6.33.